The molecule has 0 saturated carbocycles. The number of carbonyl (C=O) groups is 1. The molecule has 1 aromatic rings. The van der Waals surface area contributed by atoms with E-state index in [1.165, 1.54) is 25.5 Å². The maximum atomic E-state index is 10.6. The molecule has 0 saturated heterocycles. The van der Waals surface area contributed by atoms with Crippen molar-refractivity contribution in [3.8, 4) is 5.75 Å². The van der Waals surface area contributed by atoms with E-state index in [-0.39, 0.29) is 5.56 Å². The van der Waals surface area contributed by atoms with Crippen LogP contribution in [0.5, 0.6) is 5.75 Å². The average molecular weight is 194 g/mol. The summed E-state index contributed by atoms with van der Waals surface area (Å²) >= 11 is 0. The summed E-state index contributed by atoms with van der Waals surface area (Å²) in [7, 11) is 1.49. The molecule has 0 aliphatic carbocycles. The van der Waals surface area contributed by atoms with Crippen LogP contribution in [0.4, 0.5) is 0 Å². The van der Waals surface area contributed by atoms with Crippen LogP contribution in [0.1, 0.15) is 15.9 Å². The fourth-order valence-electron chi connectivity index (χ4n) is 1.05. The molecular formula is C9H10N2O3. The molecule has 0 aromatic heterocycles. The lowest BCUT2D eigenvalue weighted by Crippen LogP contribution is -2.00. The highest BCUT2D eigenvalue weighted by Crippen LogP contribution is 2.17. The highest BCUT2D eigenvalue weighted by molar-refractivity contribution is 5.92. The van der Waals surface area contributed by atoms with Crippen molar-refractivity contribution < 1.29 is 14.6 Å². The van der Waals surface area contributed by atoms with Crippen molar-refractivity contribution in [3.63, 3.8) is 0 Å². The van der Waals surface area contributed by atoms with Crippen LogP contribution in [-0.4, -0.2) is 24.4 Å². The first kappa shape index (κ1) is 10.0. The van der Waals surface area contributed by atoms with Crippen molar-refractivity contribution in [2.24, 2.45) is 10.9 Å². The monoisotopic (exact) mass is 194 g/mol. The molecule has 5 nitrogen and oxygen atoms in total. The van der Waals surface area contributed by atoms with Gasteiger partial charge in [0.05, 0.1) is 18.9 Å². The van der Waals surface area contributed by atoms with E-state index in [9.17, 15) is 4.79 Å². The van der Waals surface area contributed by atoms with Gasteiger partial charge in [0.25, 0.3) is 0 Å². The van der Waals surface area contributed by atoms with E-state index in [1.807, 2.05) is 0 Å². The van der Waals surface area contributed by atoms with Crippen molar-refractivity contribution in [2.75, 3.05) is 7.11 Å². The Morgan fingerprint density at radius 3 is 2.86 bits per heavy atom. The quantitative estimate of drug-likeness (QED) is 0.421. The molecule has 5 heteroatoms. The van der Waals surface area contributed by atoms with Crippen LogP contribution in [0, 0.1) is 0 Å². The van der Waals surface area contributed by atoms with Gasteiger partial charge in [-0.05, 0) is 18.2 Å². The van der Waals surface area contributed by atoms with Gasteiger partial charge in [-0.3, -0.25) is 0 Å². The lowest BCUT2D eigenvalue weighted by atomic mass is 10.1. The second-order valence-electron chi connectivity index (χ2n) is 2.54. The van der Waals surface area contributed by atoms with Crippen LogP contribution >= 0.6 is 0 Å². The third kappa shape index (κ3) is 2.01. The summed E-state index contributed by atoms with van der Waals surface area (Å²) in [6, 6.07) is 4.45. The zero-order valence-corrected chi connectivity index (χ0v) is 7.60. The number of ether oxygens (including phenoxy) is 1. The number of methoxy groups -OCH3 is 1. The molecule has 0 fully saturated rings. The molecule has 0 unspecified atom stereocenters. The van der Waals surface area contributed by atoms with E-state index in [0.29, 0.717) is 11.3 Å². The lowest BCUT2D eigenvalue weighted by Gasteiger charge is -2.04. The van der Waals surface area contributed by atoms with E-state index in [1.54, 1.807) is 6.07 Å². The fraction of sp³-hybridized carbons (Fsp3) is 0.111. The number of rotatable bonds is 3. The molecule has 0 heterocycles. The number of hydrogen-bond donors (Lipinski definition) is 2. The van der Waals surface area contributed by atoms with Gasteiger partial charge >= 0.3 is 5.97 Å². The van der Waals surface area contributed by atoms with Crippen molar-refractivity contribution in [1.82, 2.24) is 0 Å². The minimum atomic E-state index is -1.00. The van der Waals surface area contributed by atoms with Crippen LogP contribution in [0.3, 0.4) is 0 Å². The van der Waals surface area contributed by atoms with E-state index in [4.69, 9.17) is 15.7 Å². The predicted octanol–water partition coefficient (Wildman–Crippen LogP) is 0.686. The molecule has 0 aliphatic rings. The van der Waals surface area contributed by atoms with Crippen molar-refractivity contribution in [1.29, 1.82) is 0 Å². The van der Waals surface area contributed by atoms with E-state index >= 15 is 0 Å². The molecular weight excluding hydrogens is 184 g/mol. The van der Waals surface area contributed by atoms with E-state index in [0.717, 1.165) is 0 Å². The molecule has 0 radical (unpaired) electrons. The summed E-state index contributed by atoms with van der Waals surface area (Å²) in [6.45, 7) is 0. The molecule has 14 heavy (non-hydrogen) atoms. The van der Waals surface area contributed by atoms with Crippen LogP contribution in [-0.2, 0) is 0 Å². The molecule has 1 aromatic carbocycles. The number of carboxylic acids is 1. The van der Waals surface area contributed by atoms with E-state index in [2.05, 4.69) is 5.10 Å². The van der Waals surface area contributed by atoms with Gasteiger partial charge in [0, 0.05) is 5.56 Å². The maximum Gasteiger partial charge on any atom is 0.335 e. The molecule has 0 spiro atoms. The summed E-state index contributed by atoms with van der Waals surface area (Å²) in [5, 5.41) is 12.0. The first-order valence-electron chi connectivity index (χ1n) is 3.83. The Hall–Kier alpha value is -2.04. The minimum absolute atomic E-state index is 0.167. The van der Waals surface area contributed by atoms with Gasteiger partial charge in [-0.2, -0.15) is 5.10 Å². The second-order valence-corrected chi connectivity index (χ2v) is 2.54. The molecule has 3 N–H and O–H groups in total. The Balaban J connectivity index is 3.20. The highest BCUT2D eigenvalue weighted by atomic mass is 16.5. The Morgan fingerprint density at radius 1 is 1.64 bits per heavy atom. The molecule has 74 valence electrons. The third-order valence-electron chi connectivity index (χ3n) is 1.69. The molecule has 0 amide bonds. The highest BCUT2D eigenvalue weighted by Gasteiger charge is 2.06. The topological polar surface area (TPSA) is 84.9 Å². The Kier molecular flexibility index (Phi) is 3.06. The number of hydrogen-bond acceptors (Lipinski definition) is 4. The Bertz CT molecular complexity index is 374. The van der Waals surface area contributed by atoms with Gasteiger partial charge in [0.1, 0.15) is 5.75 Å². The minimum Gasteiger partial charge on any atom is -0.496 e. The van der Waals surface area contributed by atoms with Gasteiger partial charge in [0.2, 0.25) is 0 Å². The number of carboxylic acid groups (broad SMARTS) is 1. The SMILES string of the molecule is COc1ccc(C(=O)O)cc1C=NN. The largest absolute Gasteiger partial charge is 0.496 e. The van der Waals surface area contributed by atoms with Crippen LogP contribution in [0.2, 0.25) is 0 Å². The molecule has 1 rings (SSSR count). The average Bonchev–Trinajstić information content (AvgIpc) is 2.18. The van der Waals surface area contributed by atoms with Crippen molar-refractivity contribution >= 4 is 12.2 Å². The van der Waals surface area contributed by atoms with Gasteiger partial charge in [0.15, 0.2) is 0 Å². The fourth-order valence-corrected chi connectivity index (χ4v) is 1.05. The summed E-state index contributed by atoms with van der Waals surface area (Å²) in [4.78, 5) is 10.6. The normalized spacial score (nSPS) is 10.4. The predicted molar refractivity (Wildman–Crippen MR) is 51.7 cm³/mol. The zero-order valence-electron chi connectivity index (χ0n) is 7.60. The van der Waals surface area contributed by atoms with Crippen LogP contribution in [0.15, 0.2) is 23.3 Å². The lowest BCUT2D eigenvalue weighted by molar-refractivity contribution is 0.0697. The summed E-state index contributed by atoms with van der Waals surface area (Å²) < 4.78 is 4.99. The summed E-state index contributed by atoms with van der Waals surface area (Å²) in [5.74, 6) is 4.51. The Morgan fingerprint density at radius 2 is 2.36 bits per heavy atom. The summed E-state index contributed by atoms with van der Waals surface area (Å²) in [6.07, 6.45) is 1.34. The molecule has 0 bridgehead atoms. The number of benzene rings is 1. The Labute approximate surface area is 80.8 Å². The van der Waals surface area contributed by atoms with Gasteiger partial charge in [-0.15, -0.1) is 0 Å². The number of nitrogens with zero attached hydrogens (tertiary/aromatic N) is 1. The van der Waals surface area contributed by atoms with Gasteiger partial charge in [-0.25, -0.2) is 4.79 Å². The maximum absolute atomic E-state index is 10.6. The second kappa shape index (κ2) is 4.27. The van der Waals surface area contributed by atoms with E-state index < -0.39 is 5.97 Å². The van der Waals surface area contributed by atoms with Crippen molar-refractivity contribution in [2.45, 2.75) is 0 Å². The van der Waals surface area contributed by atoms with Gasteiger partial charge in [-0.1, -0.05) is 0 Å². The van der Waals surface area contributed by atoms with Crippen LogP contribution in [0.25, 0.3) is 0 Å². The standard InChI is InChI=1S/C9H10N2O3/c1-14-8-3-2-6(9(12)13)4-7(8)5-11-10/h2-5H,10H2,1H3,(H,12,13). The summed E-state index contributed by atoms with van der Waals surface area (Å²) in [5.41, 5.74) is 0.704. The number of aromatic carboxylic acids is 1. The first-order chi connectivity index (χ1) is 6.69. The number of nitrogens with two attached hydrogens (primary N) is 1. The molecule has 0 atom stereocenters. The zero-order chi connectivity index (χ0) is 10.6. The van der Waals surface area contributed by atoms with Gasteiger partial charge < -0.3 is 15.7 Å². The van der Waals surface area contributed by atoms with Crippen LogP contribution < -0.4 is 10.6 Å². The van der Waals surface area contributed by atoms with Crippen molar-refractivity contribution in [3.05, 3.63) is 29.3 Å². The third-order valence-corrected chi connectivity index (χ3v) is 1.69. The smallest absolute Gasteiger partial charge is 0.335 e. The molecule has 0 aliphatic heterocycles. The number of hydrazone groups is 1. The first-order valence-corrected chi connectivity index (χ1v) is 3.83.